The van der Waals surface area contributed by atoms with Crippen LogP contribution in [-0.2, 0) is 14.8 Å². The molecular weight excluding hydrogens is 350 g/mol. The Bertz CT molecular complexity index is 865. The third-order valence-electron chi connectivity index (χ3n) is 3.02. The fraction of sp³-hybridized carbons (Fsp3) is 0.0667. The van der Waals surface area contributed by atoms with Crippen LogP contribution in [-0.4, -0.2) is 26.6 Å². The monoisotopic (exact) mass is 365 g/mol. The number of nitrogens with two attached hydrogens (primary N) is 1. The zero-order valence-electron chi connectivity index (χ0n) is 12.6. The van der Waals surface area contributed by atoms with Crippen molar-refractivity contribution in [3.05, 3.63) is 54.1 Å². The molecule has 0 saturated heterocycles. The quantitative estimate of drug-likeness (QED) is 0.561. The number of anilines is 2. The van der Waals surface area contributed by atoms with Crippen molar-refractivity contribution in [2.24, 2.45) is 5.14 Å². The molecular formula is C15H15N3O4S2. The first-order valence-electron chi connectivity index (χ1n) is 6.69. The van der Waals surface area contributed by atoms with Crippen LogP contribution in [0.5, 0.6) is 0 Å². The van der Waals surface area contributed by atoms with Gasteiger partial charge in [-0.1, -0.05) is 12.1 Å². The first-order valence-corrected chi connectivity index (χ1v) is 8.65. The molecule has 0 atom stereocenters. The lowest BCUT2D eigenvalue weighted by Crippen LogP contribution is -2.21. The number of para-hydroxylation sites is 1. The van der Waals surface area contributed by atoms with Crippen LogP contribution >= 0.6 is 12.2 Å². The highest BCUT2D eigenvalue weighted by Gasteiger charge is 2.12. The first kappa shape index (κ1) is 17.9. The summed E-state index contributed by atoms with van der Waals surface area (Å²) in [4.78, 5) is 11.7. The molecule has 2 aromatic carbocycles. The molecule has 0 unspecified atom stereocenters. The molecule has 0 aliphatic rings. The summed E-state index contributed by atoms with van der Waals surface area (Å²) >= 11 is 5.19. The second kappa shape index (κ2) is 7.39. The van der Waals surface area contributed by atoms with Crippen LogP contribution < -0.4 is 15.8 Å². The molecule has 24 heavy (non-hydrogen) atoms. The molecule has 7 nitrogen and oxygen atoms in total. The molecule has 0 aromatic heterocycles. The van der Waals surface area contributed by atoms with Crippen LogP contribution in [0.25, 0.3) is 0 Å². The summed E-state index contributed by atoms with van der Waals surface area (Å²) in [6, 6.07) is 12.5. The average molecular weight is 365 g/mol. The van der Waals surface area contributed by atoms with Gasteiger partial charge in [0, 0.05) is 5.69 Å². The standard InChI is InChI=1S/C15H15N3O4S2/c1-22-14(19)12-4-2-3-5-13(12)18-15(23)17-10-6-8-11(9-7-10)24(16,20)21/h2-9H,1H3,(H2,16,20,21)(H2,17,18,23). The molecule has 0 aliphatic carbocycles. The van der Waals surface area contributed by atoms with Gasteiger partial charge in [-0.2, -0.15) is 0 Å². The molecule has 4 N–H and O–H groups in total. The van der Waals surface area contributed by atoms with Gasteiger partial charge >= 0.3 is 5.97 Å². The summed E-state index contributed by atoms with van der Waals surface area (Å²) in [5.41, 5.74) is 1.40. The van der Waals surface area contributed by atoms with E-state index in [1.807, 2.05) is 0 Å². The third-order valence-corrected chi connectivity index (χ3v) is 4.15. The Balaban J connectivity index is 2.10. The van der Waals surface area contributed by atoms with E-state index in [0.29, 0.717) is 16.9 Å². The highest BCUT2D eigenvalue weighted by molar-refractivity contribution is 7.89. The Labute approximate surface area is 144 Å². The third kappa shape index (κ3) is 4.51. The number of carbonyl (C=O) groups excluding carboxylic acids is 1. The molecule has 0 amide bonds. The van der Waals surface area contributed by atoms with E-state index in [-0.39, 0.29) is 10.0 Å². The number of sulfonamides is 1. The van der Waals surface area contributed by atoms with Crippen molar-refractivity contribution in [3.8, 4) is 0 Å². The zero-order valence-corrected chi connectivity index (χ0v) is 14.3. The van der Waals surface area contributed by atoms with Crippen LogP contribution in [0, 0.1) is 0 Å². The fourth-order valence-electron chi connectivity index (χ4n) is 1.89. The summed E-state index contributed by atoms with van der Waals surface area (Å²) < 4.78 is 27.1. The normalized spacial score (nSPS) is 10.8. The van der Waals surface area contributed by atoms with Gasteiger partial charge in [-0.3, -0.25) is 0 Å². The predicted molar refractivity (Wildman–Crippen MR) is 95.4 cm³/mol. The van der Waals surface area contributed by atoms with Gasteiger partial charge in [-0.25, -0.2) is 18.4 Å². The number of rotatable bonds is 4. The Morgan fingerprint density at radius 1 is 1.08 bits per heavy atom. The predicted octanol–water partition coefficient (Wildman–Crippen LogP) is 1.93. The number of benzene rings is 2. The Morgan fingerprint density at radius 2 is 1.71 bits per heavy atom. The fourth-order valence-corrected chi connectivity index (χ4v) is 2.64. The highest BCUT2D eigenvalue weighted by Crippen LogP contribution is 2.17. The van der Waals surface area contributed by atoms with E-state index in [2.05, 4.69) is 10.6 Å². The van der Waals surface area contributed by atoms with Crippen LogP contribution in [0.3, 0.4) is 0 Å². The molecule has 0 saturated carbocycles. The van der Waals surface area contributed by atoms with Crippen LogP contribution in [0.1, 0.15) is 10.4 Å². The van der Waals surface area contributed by atoms with Gasteiger partial charge in [-0.05, 0) is 48.6 Å². The number of ether oxygens (including phenoxy) is 1. The zero-order chi connectivity index (χ0) is 17.7. The molecule has 2 aromatic rings. The van der Waals surface area contributed by atoms with Crippen molar-refractivity contribution in [1.29, 1.82) is 0 Å². The molecule has 0 fully saturated rings. The molecule has 2 rings (SSSR count). The minimum absolute atomic E-state index is 0.00274. The van der Waals surface area contributed by atoms with Crippen molar-refractivity contribution >= 4 is 44.7 Å². The van der Waals surface area contributed by atoms with Crippen molar-refractivity contribution in [2.45, 2.75) is 4.90 Å². The SMILES string of the molecule is COC(=O)c1ccccc1NC(=S)Nc1ccc(S(N)(=O)=O)cc1. The van der Waals surface area contributed by atoms with E-state index in [1.54, 1.807) is 24.3 Å². The minimum Gasteiger partial charge on any atom is -0.465 e. The summed E-state index contributed by atoms with van der Waals surface area (Å²) in [5, 5.41) is 11.1. The lowest BCUT2D eigenvalue weighted by atomic mass is 10.2. The van der Waals surface area contributed by atoms with E-state index in [4.69, 9.17) is 22.1 Å². The number of carbonyl (C=O) groups is 1. The van der Waals surface area contributed by atoms with Crippen molar-refractivity contribution < 1.29 is 17.9 Å². The van der Waals surface area contributed by atoms with Gasteiger partial charge in [0.25, 0.3) is 0 Å². The van der Waals surface area contributed by atoms with Crippen LogP contribution in [0.15, 0.2) is 53.4 Å². The molecule has 0 heterocycles. The molecule has 0 aliphatic heterocycles. The molecule has 9 heteroatoms. The van der Waals surface area contributed by atoms with Crippen molar-refractivity contribution in [3.63, 3.8) is 0 Å². The van der Waals surface area contributed by atoms with Crippen LogP contribution in [0.4, 0.5) is 11.4 Å². The molecule has 0 bridgehead atoms. The Hall–Kier alpha value is -2.49. The van der Waals surface area contributed by atoms with E-state index >= 15 is 0 Å². The van der Waals surface area contributed by atoms with Gasteiger partial charge in [0.1, 0.15) is 0 Å². The average Bonchev–Trinajstić information content (AvgIpc) is 2.54. The number of hydrogen-bond acceptors (Lipinski definition) is 5. The van der Waals surface area contributed by atoms with E-state index in [9.17, 15) is 13.2 Å². The van der Waals surface area contributed by atoms with Crippen molar-refractivity contribution in [1.82, 2.24) is 0 Å². The lowest BCUT2D eigenvalue weighted by molar-refractivity contribution is 0.0602. The molecule has 0 spiro atoms. The smallest absolute Gasteiger partial charge is 0.339 e. The number of primary sulfonamides is 1. The van der Waals surface area contributed by atoms with Crippen LogP contribution in [0.2, 0.25) is 0 Å². The number of hydrogen-bond donors (Lipinski definition) is 3. The van der Waals surface area contributed by atoms with Gasteiger partial charge in [0.05, 0.1) is 23.3 Å². The number of thiocarbonyl (C=S) groups is 1. The van der Waals surface area contributed by atoms with Gasteiger partial charge in [-0.15, -0.1) is 0 Å². The maximum Gasteiger partial charge on any atom is 0.339 e. The minimum atomic E-state index is -3.74. The van der Waals surface area contributed by atoms with Gasteiger partial charge in [0.15, 0.2) is 5.11 Å². The molecule has 126 valence electrons. The number of methoxy groups -OCH3 is 1. The maximum atomic E-state index is 11.7. The van der Waals surface area contributed by atoms with Gasteiger partial charge in [0.2, 0.25) is 10.0 Å². The number of nitrogens with one attached hydrogen (secondary N) is 2. The van der Waals surface area contributed by atoms with E-state index in [0.717, 1.165) is 0 Å². The van der Waals surface area contributed by atoms with Crippen molar-refractivity contribution in [2.75, 3.05) is 17.7 Å². The second-order valence-corrected chi connectivity index (χ2v) is 6.66. The Kier molecular flexibility index (Phi) is 5.50. The summed E-state index contributed by atoms with van der Waals surface area (Å²) in [6.07, 6.45) is 0. The summed E-state index contributed by atoms with van der Waals surface area (Å²) in [6.45, 7) is 0. The number of esters is 1. The van der Waals surface area contributed by atoms with E-state index < -0.39 is 16.0 Å². The highest BCUT2D eigenvalue weighted by atomic mass is 32.2. The van der Waals surface area contributed by atoms with Gasteiger partial charge < -0.3 is 15.4 Å². The maximum absolute atomic E-state index is 11.7. The van der Waals surface area contributed by atoms with E-state index in [1.165, 1.54) is 31.4 Å². The first-order chi connectivity index (χ1) is 11.3. The summed E-state index contributed by atoms with van der Waals surface area (Å²) in [7, 11) is -2.45. The second-order valence-electron chi connectivity index (χ2n) is 4.69. The topological polar surface area (TPSA) is 111 Å². The molecule has 0 radical (unpaired) electrons. The lowest BCUT2D eigenvalue weighted by Gasteiger charge is -2.13. The largest absolute Gasteiger partial charge is 0.465 e. The Morgan fingerprint density at radius 3 is 2.29 bits per heavy atom. The summed E-state index contributed by atoms with van der Waals surface area (Å²) in [5.74, 6) is -0.488.